The van der Waals surface area contributed by atoms with Crippen molar-refractivity contribution >= 4 is 34.4 Å². The summed E-state index contributed by atoms with van der Waals surface area (Å²) in [7, 11) is 0. The van der Waals surface area contributed by atoms with Crippen LogP contribution in [0.5, 0.6) is 0 Å². The molecule has 0 saturated carbocycles. The minimum absolute atomic E-state index is 0.000434. The average Bonchev–Trinajstić information content (AvgIpc) is 3.37. The lowest BCUT2D eigenvalue weighted by Crippen LogP contribution is -2.36. The third kappa shape index (κ3) is 4.56. The van der Waals surface area contributed by atoms with E-state index in [1.54, 1.807) is 9.58 Å². The van der Waals surface area contributed by atoms with E-state index >= 15 is 0 Å². The summed E-state index contributed by atoms with van der Waals surface area (Å²) in [4.78, 5) is 26.8. The normalized spacial score (nSPS) is 16.3. The summed E-state index contributed by atoms with van der Waals surface area (Å²) < 4.78 is 1.61. The third-order valence-corrected chi connectivity index (χ3v) is 5.50. The van der Waals surface area contributed by atoms with Crippen molar-refractivity contribution in [3.63, 3.8) is 0 Å². The van der Waals surface area contributed by atoms with Gasteiger partial charge in [0.25, 0.3) is 0 Å². The number of para-hydroxylation sites is 1. The van der Waals surface area contributed by atoms with Gasteiger partial charge in [0.2, 0.25) is 11.8 Å². The van der Waals surface area contributed by atoms with Crippen molar-refractivity contribution in [3.05, 3.63) is 59.1 Å². The van der Waals surface area contributed by atoms with Gasteiger partial charge in [0, 0.05) is 24.7 Å². The molecule has 1 aliphatic heterocycles. The second-order valence-electron chi connectivity index (χ2n) is 7.23. The van der Waals surface area contributed by atoms with E-state index in [1.165, 1.54) is 0 Å². The molecule has 1 N–H and O–H groups in total. The van der Waals surface area contributed by atoms with Gasteiger partial charge in [-0.25, -0.2) is 4.68 Å². The van der Waals surface area contributed by atoms with Crippen molar-refractivity contribution in [1.82, 2.24) is 25.2 Å². The molecule has 2 aromatic carbocycles. The fourth-order valence-corrected chi connectivity index (χ4v) is 3.71. The lowest BCUT2D eigenvalue weighted by molar-refractivity contribution is -0.131. The zero-order chi connectivity index (χ0) is 20.2. The summed E-state index contributed by atoms with van der Waals surface area (Å²) in [6.45, 7) is 1.72. The molecule has 0 radical (unpaired) electrons. The lowest BCUT2D eigenvalue weighted by Gasteiger charge is -2.16. The monoisotopic (exact) mass is 411 g/mol. The van der Waals surface area contributed by atoms with Crippen molar-refractivity contribution in [2.24, 2.45) is 5.92 Å². The molecule has 29 heavy (non-hydrogen) atoms. The van der Waals surface area contributed by atoms with E-state index in [9.17, 15) is 9.59 Å². The predicted molar refractivity (Wildman–Crippen MR) is 110 cm³/mol. The highest BCUT2D eigenvalue weighted by Gasteiger charge is 2.31. The van der Waals surface area contributed by atoms with E-state index in [1.807, 2.05) is 48.5 Å². The van der Waals surface area contributed by atoms with Crippen molar-refractivity contribution in [3.8, 4) is 0 Å². The number of rotatable bonds is 6. The zero-order valence-corrected chi connectivity index (χ0v) is 16.7. The van der Waals surface area contributed by atoms with E-state index in [-0.39, 0.29) is 24.3 Å². The van der Waals surface area contributed by atoms with Crippen LogP contribution in [0, 0.1) is 5.92 Å². The van der Waals surface area contributed by atoms with Crippen molar-refractivity contribution in [2.75, 3.05) is 19.6 Å². The van der Waals surface area contributed by atoms with E-state index in [0.717, 1.165) is 23.0 Å². The molecule has 4 rings (SSSR count). The minimum atomic E-state index is -0.170. The van der Waals surface area contributed by atoms with Gasteiger partial charge in [-0.05, 0) is 42.7 Å². The molecule has 1 atom stereocenters. The number of likely N-dealkylation sites (tertiary alicyclic amines) is 1. The van der Waals surface area contributed by atoms with Crippen LogP contribution in [0.2, 0.25) is 5.02 Å². The molecular weight excluding hydrogens is 390 g/mol. The molecule has 1 saturated heterocycles. The highest BCUT2D eigenvalue weighted by Crippen LogP contribution is 2.18. The number of benzene rings is 2. The second kappa shape index (κ2) is 8.61. The summed E-state index contributed by atoms with van der Waals surface area (Å²) in [5.74, 6) is -0.214. The molecule has 2 amide bonds. The van der Waals surface area contributed by atoms with Crippen molar-refractivity contribution in [2.45, 2.75) is 19.4 Å². The Labute approximate surface area is 173 Å². The number of hydrogen-bond acceptors (Lipinski definition) is 4. The SMILES string of the molecule is O=C(NCCc1ccc(Cl)cc1)[C@H]1CCN(C(=O)Cn2nnc3ccccc32)C1. The number of hydrogen-bond donors (Lipinski definition) is 1. The van der Waals surface area contributed by atoms with Crippen LogP contribution in [-0.2, 0) is 22.6 Å². The van der Waals surface area contributed by atoms with Gasteiger partial charge < -0.3 is 10.2 Å². The number of fused-ring (bicyclic) bond motifs is 1. The van der Waals surface area contributed by atoms with E-state index in [2.05, 4.69) is 15.6 Å². The van der Waals surface area contributed by atoms with Gasteiger partial charge in [0.05, 0.1) is 11.4 Å². The summed E-state index contributed by atoms with van der Waals surface area (Å²) >= 11 is 5.88. The number of halogens is 1. The smallest absolute Gasteiger partial charge is 0.244 e. The molecule has 7 nitrogen and oxygen atoms in total. The van der Waals surface area contributed by atoms with Gasteiger partial charge in [-0.15, -0.1) is 5.10 Å². The Morgan fingerprint density at radius 1 is 1.14 bits per heavy atom. The van der Waals surface area contributed by atoms with Gasteiger partial charge in [-0.2, -0.15) is 0 Å². The number of carbonyl (C=O) groups is 2. The number of nitrogens with one attached hydrogen (secondary N) is 1. The first-order chi connectivity index (χ1) is 14.1. The number of carbonyl (C=O) groups excluding carboxylic acids is 2. The van der Waals surface area contributed by atoms with E-state index in [0.29, 0.717) is 31.1 Å². The van der Waals surface area contributed by atoms with Crippen LogP contribution in [0.4, 0.5) is 0 Å². The Kier molecular flexibility index (Phi) is 5.76. The van der Waals surface area contributed by atoms with Crippen LogP contribution in [0.15, 0.2) is 48.5 Å². The average molecular weight is 412 g/mol. The maximum Gasteiger partial charge on any atom is 0.244 e. The number of aromatic nitrogens is 3. The fraction of sp³-hybridized carbons (Fsp3) is 0.333. The van der Waals surface area contributed by atoms with Crippen molar-refractivity contribution < 1.29 is 9.59 Å². The predicted octanol–water partition coefficient (Wildman–Crippen LogP) is 2.29. The highest BCUT2D eigenvalue weighted by molar-refractivity contribution is 6.30. The highest BCUT2D eigenvalue weighted by atomic mass is 35.5. The molecule has 3 aromatic rings. The van der Waals surface area contributed by atoms with Gasteiger partial charge >= 0.3 is 0 Å². The van der Waals surface area contributed by atoms with Crippen LogP contribution in [0.3, 0.4) is 0 Å². The Balaban J connectivity index is 1.26. The summed E-state index contributed by atoms with van der Waals surface area (Å²) in [5, 5.41) is 11.8. The van der Waals surface area contributed by atoms with Crippen LogP contribution in [-0.4, -0.2) is 51.3 Å². The second-order valence-corrected chi connectivity index (χ2v) is 7.67. The largest absolute Gasteiger partial charge is 0.355 e. The molecule has 0 unspecified atom stereocenters. The standard InChI is InChI=1S/C21H22ClN5O2/c22-17-7-5-15(6-8-17)9-11-23-21(29)16-10-12-26(13-16)20(28)14-27-19-4-2-1-3-18(19)24-25-27/h1-8,16H,9-14H2,(H,23,29)/t16-/m0/s1. The van der Waals surface area contributed by atoms with Crippen LogP contribution in [0.25, 0.3) is 11.0 Å². The summed E-state index contributed by atoms with van der Waals surface area (Å²) in [6.07, 6.45) is 1.42. The molecular formula is C21H22ClN5O2. The molecule has 0 bridgehead atoms. The molecule has 0 aliphatic carbocycles. The first-order valence-electron chi connectivity index (χ1n) is 9.68. The quantitative estimate of drug-likeness (QED) is 0.674. The number of amides is 2. The Morgan fingerprint density at radius 2 is 1.93 bits per heavy atom. The maximum absolute atomic E-state index is 12.6. The summed E-state index contributed by atoms with van der Waals surface area (Å²) in [5.41, 5.74) is 2.72. The lowest BCUT2D eigenvalue weighted by atomic mass is 10.1. The summed E-state index contributed by atoms with van der Waals surface area (Å²) in [6, 6.07) is 15.1. The van der Waals surface area contributed by atoms with Gasteiger partial charge in [0.1, 0.15) is 12.1 Å². The van der Waals surface area contributed by atoms with Gasteiger partial charge in [-0.1, -0.05) is 41.1 Å². The van der Waals surface area contributed by atoms with Crippen LogP contribution in [0.1, 0.15) is 12.0 Å². The van der Waals surface area contributed by atoms with Crippen LogP contribution >= 0.6 is 11.6 Å². The first kappa shape index (κ1) is 19.4. The Hall–Kier alpha value is -2.93. The molecule has 1 aliphatic rings. The zero-order valence-electron chi connectivity index (χ0n) is 15.9. The van der Waals surface area contributed by atoms with Crippen LogP contribution < -0.4 is 5.32 Å². The van der Waals surface area contributed by atoms with E-state index < -0.39 is 0 Å². The number of nitrogens with zero attached hydrogens (tertiary/aromatic N) is 4. The van der Waals surface area contributed by atoms with E-state index in [4.69, 9.17) is 11.6 Å². The molecule has 8 heteroatoms. The Bertz CT molecular complexity index is 1020. The molecule has 2 heterocycles. The fourth-order valence-electron chi connectivity index (χ4n) is 3.59. The van der Waals surface area contributed by atoms with Gasteiger partial charge in [-0.3, -0.25) is 9.59 Å². The maximum atomic E-state index is 12.6. The Morgan fingerprint density at radius 3 is 2.76 bits per heavy atom. The molecule has 150 valence electrons. The topological polar surface area (TPSA) is 80.1 Å². The minimum Gasteiger partial charge on any atom is -0.355 e. The van der Waals surface area contributed by atoms with Gasteiger partial charge in [0.15, 0.2) is 0 Å². The molecule has 1 aromatic heterocycles. The molecule has 0 spiro atoms. The molecule has 1 fully saturated rings. The third-order valence-electron chi connectivity index (χ3n) is 5.24. The van der Waals surface area contributed by atoms with Crippen molar-refractivity contribution in [1.29, 1.82) is 0 Å². The first-order valence-corrected chi connectivity index (χ1v) is 10.1.